The Morgan fingerprint density at radius 3 is 2.36 bits per heavy atom. The summed E-state index contributed by atoms with van der Waals surface area (Å²) in [6.07, 6.45) is 0. The van der Waals surface area contributed by atoms with Crippen molar-refractivity contribution in [3.63, 3.8) is 0 Å². The van der Waals surface area contributed by atoms with Gasteiger partial charge in [0.25, 0.3) is 5.91 Å². The van der Waals surface area contributed by atoms with E-state index >= 15 is 0 Å². The molecular weight excluding hydrogens is 324 g/mol. The molecule has 8 heteroatoms. The molecule has 2 heterocycles. The summed E-state index contributed by atoms with van der Waals surface area (Å²) in [6.45, 7) is 3.05. The summed E-state index contributed by atoms with van der Waals surface area (Å²) >= 11 is 0. The van der Waals surface area contributed by atoms with Crippen molar-refractivity contribution in [2.75, 3.05) is 39.3 Å². The predicted molar refractivity (Wildman–Crippen MR) is 89.3 cm³/mol. The highest BCUT2D eigenvalue weighted by Crippen LogP contribution is 2.14. The summed E-state index contributed by atoms with van der Waals surface area (Å²) in [7, 11) is 0. The number of nitrogens with zero attached hydrogens (tertiary/aromatic N) is 3. The molecule has 2 fully saturated rings. The van der Waals surface area contributed by atoms with Crippen LogP contribution in [0.4, 0.5) is 4.79 Å². The molecule has 3 rings (SSSR count). The third kappa shape index (κ3) is 3.97. The van der Waals surface area contributed by atoms with Crippen LogP contribution in [0.1, 0.15) is 11.1 Å². The number of aliphatic hydroxyl groups is 1. The zero-order chi connectivity index (χ0) is 17.8. The number of aliphatic hydroxyl groups excluding tert-OH is 1. The number of carbonyl (C=O) groups excluding carboxylic acids is 3. The van der Waals surface area contributed by atoms with Gasteiger partial charge in [0.15, 0.2) is 0 Å². The summed E-state index contributed by atoms with van der Waals surface area (Å²) < 4.78 is 0. The van der Waals surface area contributed by atoms with Crippen LogP contribution < -0.4 is 5.32 Å². The zero-order valence-corrected chi connectivity index (χ0v) is 14.0. The number of amides is 4. The first-order valence-electron chi connectivity index (χ1n) is 8.34. The Labute approximate surface area is 146 Å². The van der Waals surface area contributed by atoms with Crippen LogP contribution in [-0.2, 0) is 22.7 Å². The molecule has 2 aliphatic heterocycles. The molecule has 1 aromatic carbocycles. The topological polar surface area (TPSA) is 93.2 Å². The van der Waals surface area contributed by atoms with Crippen LogP contribution in [-0.4, -0.2) is 76.9 Å². The fourth-order valence-electron chi connectivity index (χ4n) is 3.11. The van der Waals surface area contributed by atoms with Gasteiger partial charge in [-0.2, -0.15) is 0 Å². The summed E-state index contributed by atoms with van der Waals surface area (Å²) in [5.41, 5.74) is 2.00. The summed E-state index contributed by atoms with van der Waals surface area (Å²) in [6, 6.07) is 7.26. The van der Waals surface area contributed by atoms with Crippen LogP contribution in [0, 0.1) is 0 Å². The standard InChI is InChI=1S/C17H22N4O4/c22-12-14-4-2-1-3-13(14)10-19-5-7-20(8-6-19)16(24)11-21-15(23)9-18-17(21)25/h1-4,22H,5-12H2,(H,18,25). The molecule has 2 aliphatic rings. The average Bonchev–Trinajstić information content (AvgIpc) is 2.94. The van der Waals surface area contributed by atoms with Gasteiger partial charge in [-0.25, -0.2) is 4.79 Å². The largest absolute Gasteiger partial charge is 0.392 e. The Kier molecular flexibility index (Phi) is 5.30. The first-order chi connectivity index (χ1) is 12.1. The van der Waals surface area contributed by atoms with Gasteiger partial charge in [-0.05, 0) is 11.1 Å². The first-order valence-corrected chi connectivity index (χ1v) is 8.34. The lowest BCUT2D eigenvalue weighted by molar-refractivity contribution is -0.137. The van der Waals surface area contributed by atoms with Gasteiger partial charge in [0.05, 0.1) is 13.2 Å². The van der Waals surface area contributed by atoms with Crippen molar-refractivity contribution in [2.24, 2.45) is 0 Å². The van der Waals surface area contributed by atoms with E-state index in [9.17, 15) is 19.5 Å². The van der Waals surface area contributed by atoms with E-state index in [4.69, 9.17) is 0 Å². The number of rotatable bonds is 5. The molecule has 25 heavy (non-hydrogen) atoms. The lowest BCUT2D eigenvalue weighted by Gasteiger charge is -2.35. The maximum Gasteiger partial charge on any atom is 0.325 e. The van der Waals surface area contributed by atoms with Crippen molar-refractivity contribution in [3.8, 4) is 0 Å². The molecule has 0 unspecified atom stereocenters. The van der Waals surface area contributed by atoms with Gasteiger partial charge < -0.3 is 15.3 Å². The number of carbonyl (C=O) groups is 3. The second-order valence-electron chi connectivity index (χ2n) is 6.22. The van der Waals surface area contributed by atoms with Gasteiger partial charge >= 0.3 is 6.03 Å². The molecule has 0 aliphatic carbocycles. The third-order valence-corrected chi connectivity index (χ3v) is 4.64. The summed E-state index contributed by atoms with van der Waals surface area (Å²) in [5, 5.41) is 11.8. The van der Waals surface area contributed by atoms with E-state index in [-0.39, 0.29) is 31.5 Å². The average molecular weight is 346 g/mol. The summed E-state index contributed by atoms with van der Waals surface area (Å²) in [5.74, 6) is -0.571. The zero-order valence-electron chi connectivity index (χ0n) is 14.0. The first kappa shape index (κ1) is 17.4. The van der Waals surface area contributed by atoms with Crippen LogP contribution in [0.5, 0.6) is 0 Å². The Balaban J connectivity index is 1.50. The number of piperazine rings is 1. The highest BCUT2D eigenvalue weighted by molar-refractivity contribution is 6.04. The number of imide groups is 1. The fourth-order valence-corrected chi connectivity index (χ4v) is 3.11. The Morgan fingerprint density at radius 2 is 1.76 bits per heavy atom. The van der Waals surface area contributed by atoms with Gasteiger partial charge in [-0.1, -0.05) is 24.3 Å². The molecule has 0 saturated carbocycles. The maximum atomic E-state index is 12.3. The van der Waals surface area contributed by atoms with Gasteiger partial charge in [0.1, 0.15) is 6.54 Å². The normalized spacial score (nSPS) is 18.6. The minimum Gasteiger partial charge on any atom is -0.392 e. The van der Waals surface area contributed by atoms with Crippen molar-refractivity contribution in [1.29, 1.82) is 0 Å². The molecular formula is C17H22N4O4. The van der Waals surface area contributed by atoms with E-state index < -0.39 is 6.03 Å². The second kappa shape index (κ2) is 7.62. The minimum absolute atomic E-state index is 0.0144. The predicted octanol–water partition coefficient (Wildman–Crippen LogP) is -0.625. The quantitative estimate of drug-likeness (QED) is 0.693. The molecule has 2 N–H and O–H groups in total. The smallest absolute Gasteiger partial charge is 0.325 e. The highest BCUT2D eigenvalue weighted by atomic mass is 16.3. The molecule has 0 aromatic heterocycles. The molecule has 134 valence electrons. The van der Waals surface area contributed by atoms with Crippen molar-refractivity contribution in [3.05, 3.63) is 35.4 Å². The minimum atomic E-state index is -0.502. The van der Waals surface area contributed by atoms with Gasteiger partial charge in [-0.15, -0.1) is 0 Å². The van der Waals surface area contributed by atoms with E-state index in [1.807, 2.05) is 24.3 Å². The highest BCUT2D eigenvalue weighted by Gasteiger charge is 2.32. The maximum absolute atomic E-state index is 12.3. The van der Waals surface area contributed by atoms with Gasteiger partial charge in [-0.3, -0.25) is 19.4 Å². The van der Waals surface area contributed by atoms with Gasteiger partial charge in [0, 0.05) is 32.7 Å². The van der Waals surface area contributed by atoms with E-state index in [2.05, 4.69) is 10.2 Å². The van der Waals surface area contributed by atoms with Crippen LogP contribution in [0.25, 0.3) is 0 Å². The fraction of sp³-hybridized carbons (Fsp3) is 0.471. The van der Waals surface area contributed by atoms with Crippen LogP contribution in [0.15, 0.2) is 24.3 Å². The Hall–Kier alpha value is -2.45. The van der Waals surface area contributed by atoms with E-state index in [1.54, 1.807) is 4.90 Å². The number of hydrogen-bond donors (Lipinski definition) is 2. The summed E-state index contributed by atoms with van der Waals surface area (Å²) in [4.78, 5) is 40.3. The number of urea groups is 1. The van der Waals surface area contributed by atoms with Crippen molar-refractivity contribution in [2.45, 2.75) is 13.2 Å². The molecule has 0 bridgehead atoms. The second-order valence-corrected chi connectivity index (χ2v) is 6.22. The molecule has 0 radical (unpaired) electrons. The third-order valence-electron chi connectivity index (χ3n) is 4.64. The molecule has 2 saturated heterocycles. The molecule has 4 amide bonds. The number of hydrogen-bond acceptors (Lipinski definition) is 5. The van der Waals surface area contributed by atoms with E-state index in [1.165, 1.54) is 0 Å². The molecule has 1 aromatic rings. The Morgan fingerprint density at radius 1 is 1.08 bits per heavy atom. The van der Waals surface area contributed by atoms with Crippen molar-refractivity contribution in [1.82, 2.24) is 20.0 Å². The molecule has 8 nitrogen and oxygen atoms in total. The van der Waals surface area contributed by atoms with Gasteiger partial charge in [0.2, 0.25) is 5.91 Å². The lowest BCUT2D eigenvalue weighted by atomic mass is 10.1. The monoisotopic (exact) mass is 346 g/mol. The van der Waals surface area contributed by atoms with Crippen LogP contribution in [0.3, 0.4) is 0 Å². The van der Waals surface area contributed by atoms with Crippen molar-refractivity contribution >= 4 is 17.8 Å². The van der Waals surface area contributed by atoms with Crippen LogP contribution in [0.2, 0.25) is 0 Å². The lowest BCUT2D eigenvalue weighted by Crippen LogP contribution is -2.51. The van der Waals surface area contributed by atoms with Crippen LogP contribution >= 0.6 is 0 Å². The van der Waals surface area contributed by atoms with E-state index in [0.29, 0.717) is 26.2 Å². The number of nitrogens with one attached hydrogen (secondary N) is 1. The van der Waals surface area contributed by atoms with E-state index in [0.717, 1.165) is 22.6 Å². The SMILES string of the molecule is O=C(CN1C(=O)CNC1=O)N1CCN(Cc2ccccc2CO)CC1. The molecule has 0 atom stereocenters. The Bertz CT molecular complexity index is 654. The number of benzene rings is 1. The van der Waals surface area contributed by atoms with Crippen molar-refractivity contribution < 1.29 is 19.5 Å². The molecule has 0 spiro atoms.